The van der Waals surface area contributed by atoms with Gasteiger partial charge in [-0.1, -0.05) is 0 Å². The van der Waals surface area contributed by atoms with Crippen molar-refractivity contribution in [2.24, 2.45) is 0 Å². The van der Waals surface area contributed by atoms with Gasteiger partial charge in [-0.2, -0.15) is 0 Å². The minimum atomic E-state index is -0.697. The lowest BCUT2D eigenvalue weighted by Crippen LogP contribution is -2.26. The van der Waals surface area contributed by atoms with E-state index in [1.54, 1.807) is 12.1 Å². The quantitative estimate of drug-likeness (QED) is 0.878. The zero-order valence-corrected chi connectivity index (χ0v) is 14.0. The van der Waals surface area contributed by atoms with Crippen LogP contribution in [-0.4, -0.2) is 43.9 Å². The molecule has 2 aromatic rings. The zero-order valence-electron chi connectivity index (χ0n) is 14.0. The Hall–Kier alpha value is -3.09. The van der Waals surface area contributed by atoms with E-state index in [9.17, 15) is 15.0 Å². The average molecular weight is 346 g/mol. The molecule has 0 saturated carbocycles. The number of benzene rings is 2. The number of hydrogen-bond donors (Lipinski definition) is 2. The number of methoxy groups -OCH3 is 3. The highest BCUT2D eigenvalue weighted by Crippen LogP contribution is 2.44. The van der Waals surface area contributed by atoms with Crippen LogP contribution >= 0.6 is 0 Å². The molecule has 0 fully saturated rings. The Balaban J connectivity index is 2.10. The van der Waals surface area contributed by atoms with Gasteiger partial charge < -0.3 is 29.2 Å². The second-order valence-corrected chi connectivity index (χ2v) is 5.52. The second-order valence-electron chi connectivity index (χ2n) is 5.52. The number of aromatic hydroxyl groups is 2. The third-order valence-corrected chi connectivity index (χ3v) is 4.15. The molecule has 1 aliphatic heterocycles. The van der Waals surface area contributed by atoms with E-state index in [4.69, 9.17) is 18.9 Å². The fourth-order valence-corrected chi connectivity index (χ4v) is 2.93. The van der Waals surface area contributed by atoms with Crippen molar-refractivity contribution in [3.05, 3.63) is 35.4 Å². The van der Waals surface area contributed by atoms with Crippen LogP contribution in [0.2, 0.25) is 0 Å². The number of phenolic OH excluding ortho intramolecular Hbond substituents is 2. The normalized spacial score (nSPS) is 16.0. The van der Waals surface area contributed by atoms with Gasteiger partial charge in [0.1, 0.15) is 35.2 Å². The monoisotopic (exact) mass is 346 g/mol. The SMILES string of the molecule is COc1cc(OC)c([C@@H]2COc3cc(O)cc(O)c3C2=O)cc1OC. The molecule has 1 heterocycles. The van der Waals surface area contributed by atoms with Crippen molar-refractivity contribution < 1.29 is 34.0 Å². The van der Waals surface area contributed by atoms with E-state index in [0.717, 1.165) is 6.07 Å². The van der Waals surface area contributed by atoms with Gasteiger partial charge in [-0.3, -0.25) is 4.79 Å². The largest absolute Gasteiger partial charge is 0.508 e. The van der Waals surface area contributed by atoms with Gasteiger partial charge in [-0.05, 0) is 6.07 Å². The van der Waals surface area contributed by atoms with Crippen LogP contribution in [0, 0.1) is 0 Å². The number of phenols is 2. The molecule has 7 heteroatoms. The van der Waals surface area contributed by atoms with Crippen molar-refractivity contribution in [3.63, 3.8) is 0 Å². The maximum atomic E-state index is 12.9. The van der Waals surface area contributed by atoms with E-state index in [1.165, 1.54) is 27.4 Å². The highest BCUT2D eigenvalue weighted by molar-refractivity contribution is 6.07. The first-order valence-electron chi connectivity index (χ1n) is 7.53. The van der Waals surface area contributed by atoms with E-state index >= 15 is 0 Å². The zero-order chi connectivity index (χ0) is 18.1. The van der Waals surface area contributed by atoms with Crippen LogP contribution < -0.4 is 18.9 Å². The summed E-state index contributed by atoms with van der Waals surface area (Å²) < 4.78 is 21.5. The summed E-state index contributed by atoms with van der Waals surface area (Å²) in [5, 5.41) is 19.6. The molecule has 25 heavy (non-hydrogen) atoms. The van der Waals surface area contributed by atoms with E-state index in [1.807, 2.05) is 0 Å². The number of ether oxygens (including phenoxy) is 4. The minimum absolute atomic E-state index is 0.0332. The molecule has 3 rings (SSSR count). The van der Waals surface area contributed by atoms with Crippen LogP contribution in [0.15, 0.2) is 24.3 Å². The molecule has 2 N–H and O–H groups in total. The Labute approximate surface area is 144 Å². The van der Waals surface area contributed by atoms with Gasteiger partial charge in [0.25, 0.3) is 0 Å². The summed E-state index contributed by atoms with van der Waals surface area (Å²) in [5.41, 5.74) is 0.592. The van der Waals surface area contributed by atoms with Gasteiger partial charge in [0.05, 0.1) is 27.2 Å². The fraction of sp³-hybridized carbons (Fsp3) is 0.278. The van der Waals surface area contributed by atoms with E-state index in [-0.39, 0.29) is 35.2 Å². The molecule has 0 saturated heterocycles. The summed E-state index contributed by atoms with van der Waals surface area (Å²) in [6.07, 6.45) is 0. The smallest absolute Gasteiger partial charge is 0.181 e. The molecule has 0 radical (unpaired) electrons. The van der Waals surface area contributed by atoms with Crippen molar-refractivity contribution in [2.45, 2.75) is 5.92 Å². The molecule has 7 nitrogen and oxygen atoms in total. The molecule has 1 atom stereocenters. The molecule has 0 bridgehead atoms. The summed E-state index contributed by atoms with van der Waals surface area (Å²) in [4.78, 5) is 12.9. The first-order chi connectivity index (χ1) is 12.0. The number of Topliss-reactive ketones (excluding diaryl/α,β-unsaturated/α-hetero) is 1. The van der Waals surface area contributed by atoms with Gasteiger partial charge >= 0.3 is 0 Å². The van der Waals surface area contributed by atoms with Gasteiger partial charge in [-0.25, -0.2) is 0 Å². The average Bonchev–Trinajstić information content (AvgIpc) is 2.60. The van der Waals surface area contributed by atoms with Crippen LogP contribution in [0.25, 0.3) is 0 Å². The van der Waals surface area contributed by atoms with Crippen LogP contribution in [0.5, 0.6) is 34.5 Å². The number of ketones is 1. The van der Waals surface area contributed by atoms with Crippen molar-refractivity contribution in [2.75, 3.05) is 27.9 Å². The third kappa shape index (κ3) is 2.77. The maximum absolute atomic E-state index is 12.9. The van der Waals surface area contributed by atoms with Crippen molar-refractivity contribution in [1.29, 1.82) is 0 Å². The standard InChI is InChI=1S/C18H18O7/c1-22-13-7-15(24-3)14(23-2)6-10(13)11-8-25-16-5-9(19)4-12(20)17(16)18(11)21/h4-7,11,19-20H,8H2,1-3H3/t11-/m0/s1. The van der Waals surface area contributed by atoms with Crippen molar-refractivity contribution in [3.8, 4) is 34.5 Å². The molecular weight excluding hydrogens is 328 g/mol. The molecule has 1 aliphatic rings. The summed E-state index contributed by atoms with van der Waals surface area (Å²) in [6, 6.07) is 5.70. The summed E-state index contributed by atoms with van der Waals surface area (Å²) >= 11 is 0. The number of rotatable bonds is 4. The number of carbonyl (C=O) groups excluding carboxylic acids is 1. The van der Waals surface area contributed by atoms with Gasteiger partial charge in [0.15, 0.2) is 17.3 Å². The second kappa shape index (κ2) is 6.43. The van der Waals surface area contributed by atoms with Gasteiger partial charge in [-0.15, -0.1) is 0 Å². The van der Waals surface area contributed by atoms with Crippen molar-refractivity contribution in [1.82, 2.24) is 0 Å². The van der Waals surface area contributed by atoms with Crippen LogP contribution in [0.4, 0.5) is 0 Å². The Morgan fingerprint density at radius 1 is 0.960 bits per heavy atom. The summed E-state index contributed by atoms with van der Waals surface area (Å²) in [7, 11) is 4.49. The predicted molar refractivity (Wildman–Crippen MR) is 88.4 cm³/mol. The molecular formula is C18H18O7. The summed E-state index contributed by atoms with van der Waals surface area (Å²) in [5.74, 6) is -0.0101. The highest BCUT2D eigenvalue weighted by atomic mass is 16.5. The molecule has 132 valence electrons. The maximum Gasteiger partial charge on any atom is 0.181 e. The first-order valence-corrected chi connectivity index (χ1v) is 7.53. The van der Waals surface area contributed by atoms with E-state index in [0.29, 0.717) is 22.8 Å². The van der Waals surface area contributed by atoms with Gasteiger partial charge in [0.2, 0.25) is 0 Å². The lowest BCUT2D eigenvalue weighted by molar-refractivity contribution is 0.0890. The minimum Gasteiger partial charge on any atom is -0.508 e. The summed E-state index contributed by atoms with van der Waals surface area (Å²) in [6.45, 7) is 0.0422. The topological polar surface area (TPSA) is 94.5 Å². The molecule has 0 spiro atoms. The molecule has 2 aromatic carbocycles. The first kappa shape index (κ1) is 16.8. The van der Waals surface area contributed by atoms with Crippen LogP contribution in [-0.2, 0) is 0 Å². The molecule has 0 amide bonds. The van der Waals surface area contributed by atoms with Crippen LogP contribution in [0.1, 0.15) is 21.8 Å². The van der Waals surface area contributed by atoms with E-state index in [2.05, 4.69) is 0 Å². The number of fused-ring (bicyclic) bond motifs is 1. The van der Waals surface area contributed by atoms with Crippen molar-refractivity contribution >= 4 is 5.78 Å². The van der Waals surface area contributed by atoms with E-state index < -0.39 is 5.92 Å². The lowest BCUT2D eigenvalue weighted by atomic mass is 9.87. The molecule has 0 aromatic heterocycles. The Morgan fingerprint density at radius 3 is 2.24 bits per heavy atom. The number of carbonyl (C=O) groups is 1. The fourth-order valence-electron chi connectivity index (χ4n) is 2.93. The number of hydrogen-bond acceptors (Lipinski definition) is 7. The molecule has 0 unspecified atom stereocenters. The third-order valence-electron chi connectivity index (χ3n) is 4.15. The predicted octanol–water partition coefficient (Wildman–Crippen LogP) is 2.48. The highest BCUT2D eigenvalue weighted by Gasteiger charge is 2.35. The van der Waals surface area contributed by atoms with Crippen LogP contribution in [0.3, 0.4) is 0 Å². The van der Waals surface area contributed by atoms with Gasteiger partial charge in [0, 0.05) is 23.8 Å². The Morgan fingerprint density at radius 2 is 1.60 bits per heavy atom. The Kier molecular flexibility index (Phi) is 4.31. The Bertz CT molecular complexity index is 829. The molecule has 0 aliphatic carbocycles. The lowest BCUT2D eigenvalue weighted by Gasteiger charge is -2.26.